The zero-order valence-electron chi connectivity index (χ0n) is 13.2. The number of nitrogens with two attached hydrogens (primary N) is 1. The predicted molar refractivity (Wildman–Crippen MR) is 83.2 cm³/mol. The molecule has 0 aliphatic heterocycles. The van der Waals surface area contributed by atoms with Gasteiger partial charge in [0.25, 0.3) is 0 Å². The summed E-state index contributed by atoms with van der Waals surface area (Å²) in [5.74, 6) is 0.955. The molecule has 0 saturated carbocycles. The fraction of sp³-hybridized carbons (Fsp3) is 0.625. The van der Waals surface area contributed by atoms with Gasteiger partial charge in [0.2, 0.25) is 0 Å². The Hall–Kier alpha value is -1.22. The van der Waals surface area contributed by atoms with Gasteiger partial charge < -0.3 is 15.4 Å². The van der Waals surface area contributed by atoms with Gasteiger partial charge in [-0.25, -0.2) is 0 Å². The van der Waals surface area contributed by atoms with Crippen molar-refractivity contribution < 1.29 is 4.74 Å². The van der Waals surface area contributed by atoms with Crippen LogP contribution in [0.5, 0.6) is 5.75 Å². The summed E-state index contributed by atoms with van der Waals surface area (Å²) < 4.78 is 5.36. The maximum atomic E-state index is 5.79. The molecule has 0 aromatic heterocycles. The Bertz CT molecular complexity index is 427. The van der Waals surface area contributed by atoms with Crippen LogP contribution in [0, 0.1) is 19.3 Å². The molecule has 0 aliphatic carbocycles. The number of ether oxygens (including phenoxy) is 1. The molecule has 0 fully saturated rings. The minimum atomic E-state index is 0.198. The van der Waals surface area contributed by atoms with Crippen molar-refractivity contribution >= 4 is 5.69 Å². The number of rotatable bonds is 6. The van der Waals surface area contributed by atoms with Gasteiger partial charge in [-0.15, -0.1) is 0 Å². The Morgan fingerprint density at radius 2 is 1.84 bits per heavy atom. The lowest BCUT2D eigenvalue weighted by atomic mass is 9.89. The summed E-state index contributed by atoms with van der Waals surface area (Å²) in [5.41, 5.74) is 9.75. The molecule has 1 rings (SSSR count). The Morgan fingerprint density at radius 1 is 1.21 bits per heavy atom. The van der Waals surface area contributed by atoms with E-state index in [4.69, 9.17) is 10.5 Å². The van der Waals surface area contributed by atoms with Gasteiger partial charge in [-0.2, -0.15) is 0 Å². The standard InChI is InChI=1S/C16H28N2O/c1-12-13(2)15(19-6)8-7-14(12)18(5)10-9-16(3,4)11-17/h7-8H,9-11,17H2,1-6H3. The van der Waals surface area contributed by atoms with Gasteiger partial charge in [0.15, 0.2) is 0 Å². The average molecular weight is 264 g/mol. The molecule has 3 nitrogen and oxygen atoms in total. The molecule has 0 saturated heterocycles. The van der Waals surface area contributed by atoms with Crippen molar-refractivity contribution in [1.82, 2.24) is 0 Å². The molecule has 108 valence electrons. The van der Waals surface area contributed by atoms with Crippen molar-refractivity contribution in [2.45, 2.75) is 34.1 Å². The molecule has 0 spiro atoms. The van der Waals surface area contributed by atoms with E-state index in [-0.39, 0.29) is 5.41 Å². The minimum absolute atomic E-state index is 0.198. The van der Waals surface area contributed by atoms with E-state index in [0.717, 1.165) is 25.3 Å². The van der Waals surface area contributed by atoms with E-state index in [9.17, 15) is 0 Å². The van der Waals surface area contributed by atoms with Gasteiger partial charge in [0, 0.05) is 19.3 Å². The van der Waals surface area contributed by atoms with Gasteiger partial charge in [-0.3, -0.25) is 0 Å². The summed E-state index contributed by atoms with van der Waals surface area (Å²) in [5, 5.41) is 0. The van der Waals surface area contributed by atoms with Gasteiger partial charge in [-0.05, 0) is 55.5 Å². The van der Waals surface area contributed by atoms with Crippen LogP contribution < -0.4 is 15.4 Å². The number of nitrogens with zero attached hydrogens (tertiary/aromatic N) is 1. The zero-order chi connectivity index (χ0) is 14.6. The number of benzene rings is 1. The molecule has 0 bridgehead atoms. The largest absolute Gasteiger partial charge is 0.496 e. The smallest absolute Gasteiger partial charge is 0.122 e. The summed E-state index contributed by atoms with van der Waals surface area (Å²) in [6, 6.07) is 4.18. The number of hydrogen-bond donors (Lipinski definition) is 1. The fourth-order valence-corrected chi connectivity index (χ4v) is 2.11. The van der Waals surface area contributed by atoms with Crippen LogP contribution in [0.3, 0.4) is 0 Å². The molecule has 0 unspecified atom stereocenters. The van der Waals surface area contributed by atoms with Gasteiger partial charge in [-0.1, -0.05) is 13.8 Å². The van der Waals surface area contributed by atoms with Crippen LogP contribution in [0.25, 0.3) is 0 Å². The maximum absolute atomic E-state index is 5.79. The Labute approximate surface area is 117 Å². The number of anilines is 1. The topological polar surface area (TPSA) is 38.5 Å². The highest BCUT2D eigenvalue weighted by atomic mass is 16.5. The van der Waals surface area contributed by atoms with Crippen molar-refractivity contribution in [3.63, 3.8) is 0 Å². The zero-order valence-corrected chi connectivity index (χ0v) is 13.2. The monoisotopic (exact) mass is 264 g/mol. The molecule has 1 aromatic rings. The van der Waals surface area contributed by atoms with Gasteiger partial charge >= 0.3 is 0 Å². The highest BCUT2D eigenvalue weighted by Crippen LogP contribution is 2.30. The van der Waals surface area contributed by atoms with Crippen molar-refractivity contribution in [3.05, 3.63) is 23.3 Å². The van der Waals surface area contributed by atoms with E-state index < -0.39 is 0 Å². The number of methoxy groups -OCH3 is 1. The fourth-order valence-electron chi connectivity index (χ4n) is 2.11. The minimum Gasteiger partial charge on any atom is -0.496 e. The molecule has 0 heterocycles. The third kappa shape index (κ3) is 3.87. The summed E-state index contributed by atoms with van der Waals surface area (Å²) >= 11 is 0. The highest BCUT2D eigenvalue weighted by Gasteiger charge is 2.17. The first-order chi connectivity index (χ1) is 8.82. The quantitative estimate of drug-likeness (QED) is 0.858. The van der Waals surface area contributed by atoms with E-state index in [1.807, 2.05) is 6.07 Å². The molecule has 1 aromatic carbocycles. The first-order valence-electron chi connectivity index (χ1n) is 6.88. The number of hydrogen-bond acceptors (Lipinski definition) is 3. The third-order valence-corrected chi connectivity index (χ3v) is 4.02. The SMILES string of the molecule is COc1ccc(N(C)CCC(C)(C)CN)c(C)c1C. The summed E-state index contributed by atoms with van der Waals surface area (Å²) in [4.78, 5) is 2.30. The molecular formula is C16H28N2O. The third-order valence-electron chi connectivity index (χ3n) is 4.02. The molecule has 0 radical (unpaired) electrons. The molecule has 0 atom stereocenters. The molecule has 3 heteroatoms. The van der Waals surface area contributed by atoms with Crippen LogP contribution in [0.2, 0.25) is 0 Å². The lowest BCUT2D eigenvalue weighted by molar-refractivity contribution is 0.351. The molecule has 2 N–H and O–H groups in total. The molecular weight excluding hydrogens is 236 g/mol. The first-order valence-corrected chi connectivity index (χ1v) is 6.88. The van der Waals surface area contributed by atoms with Crippen molar-refractivity contribution in [2.24, 2.45) is 11.1 Å². The first kappa shape index (κ1) is 15.8. The highest BCUT2D eigenvalue weighted by molar-refractivity contribution is 5.59. The van der Waals surface area contributed by atoms with Gasteiger partial charge in [0.05, 0.1) is 7.11 Å². The second-order valence-corrected chi connectivity index (χ2v) is 6.08. The summed E-state index contributed by atoms with van der Waals surface area (Å²) in [6.07, 6.45) is 1.09. The van der Waals surface area contributed by atoms with Crippen molar-refractivity contribution in [3.8, 4) is 5.75 Å². The van der Waals surface area contributed by atoms with Gasteiger partial charge in [0.1, 0.15) is 5.75 Å². The second kappa shape index (κ2) is 6.29. The van der Waals surface area contributed by atoms with Crippen molar-refractivity contribution in [2.75, 3.05) is 32.1 Å². The van der Waals surface area contributed by atoms with Crippen LogP contribution >= 0.6 is 0 Å². The summed E-state index contributed by atoms with van der Waals surface area (Å²) in [6.45, 7) is 10.4. The van der Waals surface area contributed by atoms with Crippen LogP contribution in [0.1, 0.15) is 31.4 Å². The van der Waals surface area contributed by atoms with E-state index >= 15 is 0 Å². The van der Waals surface area contributed by atoms with Crippen LogP contribution in [0.15, 0.2) is 12.1 Å². The molecule has 0 aliphatic rings. The summed E-state index contributed by atoms with van der Waals surface area (Å²) in [7, 11) is 3.86. The van der Waals surface area contributed by atoms with Crippen molar-refractivity contribution in [1.29, 1.82) is 0 Å². The van der Waals surface area contributed by atoms with Crippen LogP contribution in [0.4, 0.5) is 5.69 Å². The molecule has 19 heavy (non-hydrogen) atoms. The van der Waals surface area contributed by atoms with E-state index in [1.54, 1.807) is 7.11 Å². The van der Waals surface area contributed by atoms with E-state index in [0.29, 0.717) is 0 Å². The van der Waals surface area contributed by atoms with E-state index in [1.165, 1.54) is 16.8 Å². The Kier molecular flexibility index (Phi) is 5.24. The van der Waals surface area contributed by atoms with E-state index in [2.05, 4.69) is 45.7 Å². The average Bonchev–Trinajstić information content (AvgIpc) is 2.39. The Balaban J connectivity index is 2.83. The van der Waals surface area contributed by atoms with Crippen LogP contribution in [-0.2, 0) is 0 Å². The predicted octanol–water partition coefficient (Wildman–Crippen LogP) is 3.12. The second-order valence-electron chi connectivity index (χ2n) is 6.08. The Morgan fingerprint density at radius 3 is 2.37 bits per heavy atom. The maximum Gasteiger partial charge on any atom is 0.122 e. The molecule has 0 amide bonds. The lowest BCUT2D eigenvalue weighted by Gasteiger charge is -2.28. The lowest BCUT2D eigenvalue weighted by Crippen LogP contribution is -2.30. The normalized spacial score (nSPS) is 11.5. The van der Waals surface area contributed by atoms with Crippen LogP contribution in [-0.4, -0.2) is 27.2 Å².